The van der Waals surface area contributed by atoms with Crippen molar-refractivity contribution in [2.24, 2.45) is 0 Å². The third-order valence-electron chi connectivity index (χ3n) is 1.44. The fourth-order valence-electron chi connectivity index (χ4n) is 0.911. The molecule has 0 aromatic carbocycles. The van der Waals surface area contributed by atoms with Crippen LogP contribution in [0.5, 0.6) is 0 Å². The molecule has 0 fully saturated rings. The fraction of sp³-hybridized carbons (Fsp3) is 0.429. The molecule has 0 aromatic heterocycles. The van der Waals surface area contributed by atoms with Crippen molar-refractivity contribution in [3.05, 3.63) is 11.4 Å². The normalized spacial score (nSPS) is 33.6. The lowest BCUT2D eigenvalue weighted by Gasteiger charge is -1.99. The van der Waals surface area contributed by atoms with E-state index >= 15 is 0 Å². The van der Waals surface area contributed by atoms with Crippen molar-refractivity contribution in [3.8, 4) is 12.3 Å². The van der Waals surface area contributed by atoms with Gasteiger partial charge in [0.1, 0.15) is 0 Å². The lowest BCUT2D eigenvalue weighted by atomic mass is 10.3. The van der Waals surface area contributed by atoms with E-state index in [1.54, 1.807) is 0 Å². The molecule has 1 rings (SSSR count). The summed E-state index contributed by atoms with van der Waals surface area (Å²) in [6.07, 6.45) is 7.39. The van der Waals surface area contributed by atoms with Gasteiger partial charge in [0.15, 0.2) is 0 Å². The van der Waals surface area contributed by atoms with Crippen LogP contribution in [-0.4, -0.2) is 12.8 Å². The van der Waals surface area contributed by atoms with Crippen molar-refractivity contribution in [2.75, 3.05) is 12.8 Å². The van der Waals surface area contributed by atoms with Crippen molar-refractivity contribution in [3.63, 3.8) is 0 Å². The summed E-state index contributed by atoms with van der Waals surface area (Å²) in [5, 5.41) is 0. The smallest absolute Gasteiger partial charge is 0.00336 e. The molecule has 1 heterocycles. The van der Waals surface area contributed by atoms with Gasteiger partial charge < -0.3 is 0 Å². The second-order valence-electron chi connectivity index (χ2n) is 2.45. The van der Waals surface area contributed by atoms with Gasteiger partial charge in [0.2, 0.25) is 0 Å². The van der Waals surface area contributed by atoms with Crippen LogP contribution in [-0.2, 0) is 11.8 Å². The van der Waals surface area contributed by atoms with E-state index in [-0.39, 0.29) is 0 Å². The minimum atomic E-state index is -1.09. The van der Waals surface area contributed by atoms with Gasteiger partial charge in [-0.25, -0.2) is 0 Å². The van der Waals surface area contributed by atoms with Crippen molar-refractivity contribution >= 4 is 17.8 Å². The maximum absolute atomic E-state index is 5.29. The maximum atomic E-state index is 5.29. The summed E-state index contributed by atoms with van der Waals surface area (Å²) in [4.78, 5) is 0. The summed E-state index contributed by atoms with van der Waals surface area (Å²) in [5.41, 5.74) is 1.13. The second kappa shape index (κ2) is 2.29. The van der Waals surface area contributed by atoms with E-state index < -0.39 is 6.04 Å². The van der Waals surface area contributed by atoms with Gasteiger partial charge in [-0.05, 0) is 31.1 Å². The zero-order chi connectivity index (χ0) is 6.91. The van der Waals surface area contributed by atoms with Crippen LogP contribution in [0.15, 0.2) is 11.4 Å². The Balaban J connectivity index is 2.88. The van der Waals surface area contributed by atoms with Gasteiger partial charge in [0.05, 0.1) is 0 Å². The molecule has 0 nitrogen and oxygen atoms in total. The topological polar surface area (TPSA) is 0 Å². The molecule has 0 saturated carbocycles. The van der Waals surface area contributed by atoms with E-state index in [2.05, 4.69) is 18.4 Å². The van der Waals surface area contributed by atoms with Crippen LogP contribution in [0.25, 0.3) is 0 Å². The molecule has 1 unspecified atom stereocenters. The third kappa shape index (κ3) is 1.68. The number of terminal acetylenes is 1. The molecule has 48 valence electrons. The van der Waals surface area contributed by atoms with E-state index in [4.69, 9.17) is 18.2 Å². The Morgan fingerprint density at radius 1 is 1.89 bits per heavy atom. The Morgan fingerprint density at radius 3 is 2.78 bits per heavy atom. The van der Waals surface area contributed by atoms with E-state index in [1.165, 1.54) is 0 Å². The molecule has 0 amide bonds. The Hall–Kier alpha value is -0.0500. The Kier molecular flexibility index (Phi) is 1.80. The molecular formula is C7H9PS. The highest BCUT2D eigenvalue weighted by atomic mass is 32.4. The van der Waals surface area contributed by atoms with E-state index in [9.17, 15) is 0 Å². The first-order chi connectivity index (χ1) is 4.14. The zero-order valence-corrected chi connectivity index (χ0v) is 7.14. The lowest BCUT2D eigenvalue weighted by Crippen LogP contribution is -1.74. The Labute approximate surface area is 61.4 Å². The molecule has 0 N–H and O–H groups in total. The minimum absolute atomic E-state index is 1.05. The van der Waals surface area contributed by atoms with Crippen molar-refractivity contribution < 1.29 is 0 Å². The highest BCUT2D eigenvalue weighted by Crippen LogP contribution is 2.50. The predicted molar refractivity (Wildman–Crippen MR) is 46.6 cm³/mol. The Morgan fingerprint density at radius 2 is 2.56 bits per heavy atom. The molecule has 0 radical (unpaired) electrons. The quantitative estimate of drug-likeness (QED) is 0.382. The standard InChI is InChI=1S/C7H9PS/c1-3-7-4-5-8(2,9)6-7/h1,6H,4-5H2,2H3. The molecule has 1 aliphatic rings. The van der Waals surface area contributed by atoms with Crippen LogP contribution in [0.2, 0.25) is 0 Å². The van der Waals surface area contributed by atoms with E-state index in [0.29, 0.717) is 0 Å². The maximum Gasteiger partial charge on any atom is 0.00336 e. The molecule has 0 aliphatic carbocycles. The first-order valence-corrected chi connectivity index (χ1v) is 6.39. The summed E-state index contributed by atoms with van der Waals surface area (Å²) in [5.74, 6) is 4.77. The first-order valence-electron chi connectivity index (χ1n) is 2.89. The van der Waals surface area contributed by atoms with Crippen LogP contribution in [0.3, 0.4) is 0 Å². The van der Waals surface area contributed by atoms with E-state index in [1.807, 2.05) is 0 Å². The van der Waals surface area contributed by atoms with Crippen LogP contribution in [0, 0.1) is 12.3 Å². The van der Waals surface area contributed by atoms with Crippen LogP contribution >= 0.6 is 6.04 Å². The van der Waals surface area contributed by atoms with Crippen molar-refractivity contribution in [1.29, 1.82) is 0 Å². The van der Waals surface area contributed by atoms with Gasteiger partial charge in [-0.15, -0.1) is 6.42 Å². The molecule has 0 bridgehead atoms. The molecule has 2 heteroatoms. The van der Waals surface area contributed by atoms with Gasteiger partial charge in [-0.1, -0.05) is 17.7 Å². The zero-order valence-electron chi connectivity index (χ0n) is 5.42. The van der Waals surface area contributed by atoms with Gasteiger partial charge >= 0.3 is 0 Å². The first kappa shape index (κ1) is 7.06. The summed E-state index contributed by atoms with van der Waals surface area (Å²) in [6.45, 7) is 2.15. The van der Waals surface area contributed by atoms with Crippen molar-refractivity contribution in [2.45, 2.75) is 6.42 Å². The Bertz CT molecular complexity index is 232. The van der Waals surface area contributed by atoms with Crippen LogP contribution in [0.4, 0.5) is 0 Å². The predicted octanol–water partition coefficient (Wildman–Crippen LogP) is 2.02. The molecule has 1 atom stereocenters. The average Bonchev–Trinajstić information content (AvgIpc) is 2.10. The van der Waals surface area contributed by atoms with E-state index in [0.717, 1.165) is 18.2 Å². The number of hydrogen-bond acceptors (Lipinski definition) is 1. The third-order valence-corrected chi connectivity index (χ3v) is 4.27. The summed E-state index contributed by atoms with van der Waals surface area (Å²) < 4.78 is 0. The number of hydrogen-bond donors (Lipinski definition) is 0. The summed E-state index contributed by atoms with van der Waals surface area (Å²) in [7, 11) is 0. The van der Waals surface area contributed by atoms with Crippen LogP contribution in [0.1, 0.15) is 6.42 Å². The minimum Gasteiger partial charge on any atom is -0.115 e. The fourth-order valence-corrected chi connectivity index (χ4v) is 3.24. The van der Waals surface area contributed by atoms with Gasteiger partial charge in [0, 0.05) is 5.57 Å². The molecule has 0 aromatic rings. The summed E-state index contributed by atoms with van der Waals surface area (Å²) >= 11 is 5.29. The molecule has 9 heavy (non-hydrogen) atoms. The van der Waals surface area contributed by atoms with Crippen LogP contribution < -0.4 is 0 Å². The highest BCUT2D eigenvalue weighted by molar-refractivity contribution is 8.16. The highest BCUT2D eigenvalue weighted by Gasteiger charge is 2.14. The average molecular weight is 156 g/mol. The molecule has 0 saturated heterocycles. The largest absolute Gasteiger partial charge is 0.115 e. The summed E-state index contributed by atoms with van der Waals surface area (Å²) in [6, 6.07) is -1.09. The van der Waals surface area contributed by atoms with Gasteiger partial charge in [-0.3, -0.25) is 0 Å². The molecular weight excluding hydrogens is 147 g/mol. The SMILES string of the molecule is C#CC1=CP(C)(=S)CC1. The molecule has 1 aliphatic heterocycles. The van der Waals surface area contributed by atoms with Crippen molar-refractivity contribution in [1.82, 2.24) is 0 Å². The number of rotatable bonds is 0. The second-order valence-corrected chi connectivity index (χ2v) is 8.00. The lowest BCUT2D eigenvalue weighted by molar-refractivity contribution is 1.21. The van der Waals surface area contributed by atoms with Gasteiger partial charge in [0.25, 0.3) is 0 Å². The monoisotopic (exact) mass is 156 g/mol. The number of allylic oxidation sites excluding steroid dienone is 1. The molecule has 0 spiro atoms. The van der Waals surface area contributed by atoms with Gasteiger partial charge in [-0.2, -0.15) is 0 Å².